The highest BCUT2D eigenvalue weighted by Gasteiger charge is 2.16. The third-order valence-electron chi connectivity index (χ3n) is 5.78. The zero-order valence-corrected chi connectivity index (χ0v) is 20.8. The Hall–Kier alpha value is -1.46. The minimum absolute atomic E-state index is 0.0398. The number of quaternary nitrogens is 2. The Morgan fingerprint density at radius 3 is 1.53 bits per heavy atom. The maximum atomic E-state index is 11.6. The molecule has 0 aliphatic carbocycles. The first-order chi connectivity index (χ1) is 13.9. The van der Waals surface area contributed by atoms with E-state index in [1.165, 1.54) is 38.8 Å². The lowest BCUT2D eigenvalue weighted by molar-refractivity contribution is -0.891. The Morgan fingerprint density at radius 1 is 0.667 bits per heavy atom. The molecule has 1 N–H and O–H groups in total. The lowest BCUT2D eigenvalue weighted by Gasteiger charge is -2.31. The number of allylic oxidation sites excluding steroid dienone is 1. The molecule has 0 unspecified atom stereocenters. The van der Waals surface area contributed by atoms with Gasteiger partial charge in [0.15, 0.2) is 5.78 Å². The van der Waals surface area contributed by atoms with E-state index in [9.17, 15) is 9.59 Å². The molecular weight excluding hydrogens is 374 g/mol. The maximum Gasteiger partial charge on any atom is 0.246 e. The molecule has 0 saturated carbocycles. The Morgan fingerprint density at radius 2 is 1.10 bits per heavy atom. The van der Waals surface area contributed by atoms with Crippen LogP contribution in [-0.4, -0.2) is 81.6 Å². The summed E-state index contributed by atoms with van der Waals surface area (Å²) >= 11 is 0. The van der Waals surface area contributed by atoms with Crippen LogP contribution < -0.4 is 5.32 Å². The smallest absolute Gasteiger partial charge is 0.246 e. The van der Waals surface area contributed by atoms with Gasteiger partial charge in [-0.3, -0.25) is 9.59 Å². The standard InChI is InChI=1S/C25H48N3O2/c1-22(2)24(29)16-11-14-20-27(5,6)18-12-9-10-13-19-28(7,8)21-15-17-26-25(30)23(3)4/h1,3,9-21H2,2,4-8H3/q+1/p+1. The highest BCUT2D eigenvalue weighted by atomic mass is 16.1. The molecule has 30 heavy (non-hydrogen) atoms. The topological polar surface area (TPSA) is 46.2 Å². The van der Waals surface area contributed by atoms with Gasteiger partial charge in [-0.15, -0.1) is 0 Å². The quantitative estimate of drug-likeness (QED) is 0.205. The molecular formula is C25H49N3O2+2. The third kappa shape index (κ3) is 15.4. The predicted octanol–water partition coefficient (Wildman–Crippen LogP) is 4.10. The third-order valence-corrected chi connectivity index (χ3v) is 5.78. The molecule has 5 nitrogen and oxygen atoms in total. The molecule has 0 aliphatic heterocycles. The van der Waals surface area contributed by atoms with Gasteiger partial charge in [0.05, 0.1) is 54.4 Å². The van der Waals surface area contributed by atoms with Gasteiger partial charge in [0, 0.05) is 25.0 Å². The lowest BCUT2D eigenvalue weighted by atomic mass is 10.1. The van der Waals surface area contributed by atoms with Crippen LogP contribution in [0, 0.1) is 0 Å². The van der Waals surface area contributed by atoms with Gasteiger partial charge >= 0.3 is 0 Å². The number of carbonyl (C=O) groups excluding carboxylic acids is 2. The van der Waals surface area contributed by atoms with Crippen LogP contribution >= 0.6 is 0 Å². The van der Waals surface area contributed by atoms with Crippen molar-refractivity contribution in [3.05, 3.63) is 24.3 Å². The van der Waals surface area contributed by atoms with Crippen LogP contribution in [0.2, 0.25) is 0 Å². The molecule has 0 saturated heterocycles. The summed E-state index contributed by atoms with van der Waals surface area (Å²) in [6.45, 7) is 16.2. The summed E-state index contributed by atoms with van der Waals surface area (Å²) in [6.07, 6.45) is 8.78. The number of ketones is 1. The fourth-order valence-corrected chi connectivity index (χ4v) is 3.56. The van der Waals surface area contributed by atoms with Crippen LogP contribution in [0.15, 0.2) is 24.3 Å². The molecule has 0 radical (unpaired) electrons. The zero-order valence-electron chi connectivity index (χ0n) is 20.8. The van der Waals surface area contributed by atoms with Gasteiger partial charge in [-0.1, -0.05) is 13.2 Å². The van der Waals surface area contributed by atoms with Crippen LogP contribution in [0.3, 0.4) is 0 Å². The minimum atomic E-state index is -0.0398. The summed E-state index contributed by atoms with van der Waals surface area (Å²) < 4.78 is 2.05. The molecule has 0 aliphatic rings. The summed E-state index contributed by atoms with van der Waals surface area (Å²) in [5, 5.41) is 2.91. The van der Waals surface area contributed by atoms with Crippen molar-refractivity contribution in [2.24, 2.45) is 0 Å². The Balaban J connectivity index is 3.80. The fraction of sp³-hybridized carbons (Fsp3) is 0.760. The van der Waals surface area contributed by atoms with Gasteiger partial charge < -0.3 is 14.3 Å². The highest BCUT2D eigenvalue weighted by molar-refractivity contribution is 5.94. The van der Waals surface area contributed by atoms with Gasteiger partial charge in [0.2, 0.25) is 5.91 Å². The number of Topliss-reactive ketones (excluding diaryl/α,β-unsaturated/α-hetero) is 1. The number of nitrogens with one attached hydrogen (secondary N) is 1. The first kappa shape index (κ1) is 28.5. The molecule has 0 atom stereocenters. The number of rotatable bonds is 18. The van der Waals surface area contributed by atoms with Gasteiger partial charge in [-0.2, -0.15) is 0 Å². The SMILES string of the molecule is C=C(C)C(=O)CCCC[N+](C)(C)CCCCCC[N+](C)(C)CCCNC(=O)C(=C)C. The monoisotopic (exact) mass is 423 g/mol. The number of carbonyl (C=O) groups is 2. The molecule has 5 heteroatoms. The summed E-state index contributed by atoms with van der Waals surface area (Å²) in [6, 6.07) is 0. The van der Waals surface area contributed by atoms with Crippen molar-refractivity contribution < 1.29 is 18.6 Å². The van der Waals surface area contributed by atoms with E-state index in [-0.39, 0.29) is 11.7 Å². The second-order valence-electron chi connectivity index (χ2n) is 10.2. The number of unbranched alkanes of at least 4 members (excludes halogenated alkanes) is 4. The minimum Gasteiger partial charge on any atom is -0.352 e. The van der Waals surface area contributed by atoms with Gasteiger partial charge in [0.25, 0.3) is 0 Å². The van der Waals surface area contributed by atoms with E-state index in [1.54, 1.807) is 13.8 Å². The average molecular weight is 424 g/mol. The van der Waals surface area contributed by atoms with Gasteiger partial charge in [0.1, 0.15) is 0 Å². The molecule has 1 amide bonds. The average Bonchev–Trinajstić information content (AvgIpc) is 2.64. The molecule has 174 valence electrons. The van der Waals surface area contributed by atoms with Crippen molar-refractivity contribution >= 4 is 11.7 Å². The van der Waals surface area contributed by atoms with E-state index < -0.39 is 0 Å². The summed E-state index contributed by atoms with van der Waals surface area (Å²) in [7, 11) is 9.15. The second-order valence-corrected chi connectivity index (χ2v) is 10.2. The lowest BCUT2D eigenvalue weighted by Crippen LogP contribution is -2.42. The van der Waals surface area contributed by atoms with Crippen molar-refractivity contribution in [2.45, 2.75) is 65.2 Å². The molecule has 0 aromatic heterocycles. The maximum absolute atomic E-state index is 11.6. The van der Waals surface area contributed by atoms with Crippen molar-refractivity contribution in [3.63, 3.8) is 0 Å². The van der Waals surface area contributed by atoms with E-state index in [4.69, 9.17) is 0 Å². The number of hydrogen-bond donors (Lipinski definition) is 1. The first-order valence-corrected chi connectivity index (χ1v) is 11.6. The van der Waals surface area contributed by atoms with Crippen molar-refractivity contribution in [1.82, 2.24) is 5.32 Å². The molecule has 0 heterocycles. The molecule has 0 aromatic rings. The van der Waals surface area contributed by atoms with Gasteiger partial charge in [-0.05, 0) is 57.9 Å². The summed E-state index contributed by atoms with van der Waals surface area (Å²) in [5.74, 6) is 0.167. The van der Waals surface area contributed by atoms with Crippen molar-refractivity contribution in [3.8, 4) is 0 Å². The number of amides is 1. The molecule has 0 bridgehead atoms. The van der Waals surface area contributed by atoms with E-state index in [1.807, 2.05) is 0 Å². The highest BCUT2D eigenvalue weighted by Crippen LogP contribution is 2.11. The molecule has 0 spiro atoms. The second kappa shape index (κ2) is 14.5. The Kier molecular flexibility index (Phi) is 13.8. The summed E-state index contributed by atoms with van der Waals surface area (Å²) in [4.78, 5) is 23.1. The van der Waals surface area contributed by atoms with Crippen LogP contribution in [0.5, 0.6) is 0 Å². The summed E-state index contributed by atoms with van der Waals surface area (Å²) in [5.41, 5.74) is 1.25. The van der Waals surface area contributed by atoms with Crippen LogP contribution in [0.1, 0.15) is 65.2 Å². The van der Waals surface area contributed by atoms with Crippen molar-refractivity contribution in [2.75, 3.05) is 60.9 Å². The Bertz CT molecular complexity index is 515. The van der Waals surface area contributed by atoms with Crippen LogP contribution in [0.25, 0.3) is 0 Å². The largest absolute Gasteiger partial charge is 0.352 e. The molecule has 0 fully saturated rings. The van der Waals surface area contributed by atoms with E-state index in [0.717, 1.165) is 47.9 Å². The van der Waals surface area contributed by atoms with E-state index in [0.29, 0.717) is 17.6 Å². The molecule has 0 aromatic carbocycles. The predicted molar refractivity (Wildman–Crippen MR) is 128 cm³/mol. The van der Waals surface area contributed by atoms with Crippen molar-refractivity contribution in [1.29, 1.82) is 0 Å². The van der Waals surface area contributed by atoms with E-state index in [2.05, 4.69) is 46.7 Å². The van der Waals surface area contributed by atoms with Crippen LogP contribution in [0.4, 0.5) is 0 Å². The van der Waals surface area contributed by atoms with Gasteiger partial charge in [-0.25, -0.2) is 0 Å². The van der Waals surface area contributed by atoms with E-state index >= 15 is 0 Å². The number of nitrogens with zero attached hydrogens (tertiary/aromatic N) is 2. The normalized spacial score (nSPS) is 11.9. The van der Waals surface area contributed by atoms with Crippen LogP contribution in [-0.2, 0) is 9.59 Å². The fourth-order valence-electron chi connectivity index (χ4n) is 3.56. The number of hydrogen-bond acceptors (Lipinski definition) is 2. The Labute approximate surface area is 186 Å². The zero-order chi connectivity index (χ0) is 23.2. The molecule has 0 rings (SSSR count). The first-order valence-electron chi connectivity index (χ1n) is 11.6.